The quantitative estimate of drug-likeness (QED) is 0.0549. The van der Waals surface area contributed by atoms with Crippen molar-refractivity contribution >= 4 is 64.7 Å². The van der Waals surface area contributed by atoms with E-state index in [2.05, 4.69) is 139 Å². The van der Waals surface area contributed by atoms with Crippen LogP contribution in [-0.2, 0) is 50.9 Å². The number of thiophene rings is 1. The van der Waals surface area contributed by atoms with Gasteiger partial charge in [0.25, 0.3) is 5.91 Å². The molecule has 0 unspecified atom stereocenters. The van der Waals surface area contributed by atoms with Gasteiger partial charge in [-0.25, -0.2) is 24.4 Å². The first kappa shape index (κ1) is 76.5. The molecule has 4 aliphatic carbocycles. The molecule has 4 fully saturated rings. The number of aryl methyl sites for hydroxylation is 4. The fraction of sp³-hybridized carbons (Fsp3) is 0.381. The summed E-state index contributed by atoms with van der Waals surface area (Å²) in [4.78, 5) is 96.5. The Morgan fingerprint density at radius 2 is 1.12 bits per heavy atom. The maximum Gasteiger partial charge on any atom is 0.410 e. The second-order valence-electron chi connectivity index (χ2n) is 29.5. The summed E-state index contributed by atoms with van der Waals surface area (Å²) in [6, 6.07) is 37.9. The van der Waals surface area contributed by atoms with Crippen molar-refractivity contribution in [1.29, 1.82) is 0 Å². The van der Waals surface area contributed by atoms with E-state index in [9.17, 15) is 24.0 Å². The van der Waals surface area contributed by atoms with Crippen LogP contribution in [0.5, 0.6) is 0 Å². The lowest BCUT2D eigenvalue weighted by atomic mass is 9.88. The largest absolute Gasteiger partial charge is 0.447 e. The number of alkyl carbamates (subject to hydrolysis) is 1. The number of nitrogens with one attached hydrogen (secondary N) is 4. The Balaban J connectivity index is 0.000000150. The van der Waals surface area contributed by atoms with Gasteiger partial charge >= 0.3 is 18.3 Å². The van der Waals surface area contributed by atoms with E-state index in [4.69, 9.17) is 28.9 Å². The third-order valence-electron chi connectivity index (χ3n) is 20.7. The van der Waals surface area contributed by atoms with Crippen LogP contribution in [0, 0.1) is 13.8 Å². The van der Waals surface area contributed by atoms with Gasteiger partial charge < -0.3 is 59.1 Å². The smallest absolute Gasteiger partial charge is 0.410 e. The molecule has 15 rings (SSSR count). The molecule has 5 amide bonds. The molecule has 24 nitrogen and oxygen atoms in total. The van der Waals surface area contributed by atoms with Gasteiger partial charge in [0, 0.05) is 112 Å². The standard InChI is InChI=1S/C34H40N6O4.C31H38N6O4.C19H19N3OS/c1-22-7-8-24-25(18-22)26(29(27-20-35-21-38(27)4)37-31(41)43-33(2)9-10-33)19-23-6-5-13-36-28(23)30(24)39-14-16-40(17-15-39)32(42)44-34(3)11-12-34;1-20(2)41-31(39)37-13-11-36(12-14-37)30-23-9-8-21(3)15-24(23)25(16-22-7-6-10-33-28(22)30)29(34-27(38)18-40-5)26-17-32-19-35(26)4;1-20-19(23)18-10-9-17(24-18)16-8-7-15(13-22-16)12-21-11-14-5-3-2-4-6-14/h5-8,13,18-21,29-30H,9-12,14-17H2,1-4H3,(H,37,41);6-10,15-17,19-20,29-30H,11-14,18H2,1-5H3,(H,34,38);2-10,13,21H,11-12H2,1H3,(H,20,23)/t2*29-,30+;/m11./s1. The molecule has 0 bridgehead atoms. The number of imidazole rings is 2. The van der Waals surface area contributed by atoms with Gasteiger partial charge in [-0.2, -0.15) is 0 Å². The number of pyridine rings is 3. The molecule has 3 aromatic carbocycles. The molecule has 25 heteroatoms. The molecule has 2 aliphatic heterocycles. The molecule has 6 aliphatic rings. The summed E-state index contributed by atoms with van der Waals surface area (Å²) in [6.07, 6.45) is 19.4. The van der Waals surface area contributed by atoms with Gasteiger partial charge in [-0.15, -0.1) is 11.3 Å². The van der Waals surface area contributed by atoms with Crippen LogP contribution in [0.15, 0.2) is 159 Å². The molecule has 9 aromatic rings. The number of hydrogen-bond donors (Lipinski definition) is 4. The van der Waals surface area contributed by atoms with E-state index in [0.717, 1.165) is 133 Å². The van der Waals surface area contributed by atoms with Crippen molar-refractivity contribution in [1.82, 2.24) is 74.9 Å². The Labute approximate surface area is 641 Å². The molecule has 4 atom stereocenters. The number of hydrogen-bond acceptors (Lipinski definition) is 18. The minimum absolute atomic E-state index is 0.0490. The number of benzene rings is 3. The lowest BCUT2D eigenvalue weighted by Crippen LogP contribution is -2.50. The average Bonchev–Trinajstić information content (AvgIpc) is 1.64. The Kier molecular flexibility index (Phi) is 23.7. The van der Waals surface area contributed by atoms with Crippen LogP contribution in [0.3, 0.4) is 0 Å². The van der Waals surface area contributed by atoms with Crippen molar-refractivity contribution in [3.63, 3.8) is 0 Å². The summed E-state index contributed by atoms with van der Waals surface area (Å²) >= 11 is 1.45. The molecule has 8 heterocycles. The summed E-state index contributed by atoms with van der Waals surface area (Å²) in [6.45, 7) is 18.4. The van der Waals surface area contributed by atoms with E-state index in [0.29, 0.717) is 57.2 Å². The second kappa shape index (κ2) is 33.8. The predicted octanol–water partition coefficient (Wildman–Crippen LogP) is 12.6. The highest BCUT2D eigenvalue weighted by Gasteiger charge is 2.45. The Bertz CT molecular complexity index is 4800. The maximum absolute atomic E-state index is 13.3. The number of piperazine rings is 2. The molecular weight excluding hydrogens is 1400 g/mol. The highest BCUT2D eigenvalue weighted by atomic mass is 32.1. The van der Waals surface area contributed by atoms with Crippen molar-refractivity contribution in [3.05, 3.63) is 242 Å². The number of rotatable bonds is 19. The van der Waals surface area contributed by atoms with Crippen LogP contribution in [0.1, 0.15) is 166 Å². The number of methoxy groups -OCH3 is 1. The Morgan fingerprint density at radius 3 is 1.61 bits per heavy atom. The van der Waals surface area contributed by atoms with Crippen molar-refractivity contribution in [2.24, 2.45) is 14.1 Å². The summed E-state index contributed by atoms with van der Waals surface area (Å²) in [5.41, 5.74) is 16.6. The third kappa shape index (κ3) is 18.4. The Morgan fingerprint density at radius 1 is 0.587 bits per heavy atom. The van der Waals surface area contributed by atoms with Crippen molar-refractivity contribution in [3.8, 4) is 10.6 Å². The first-order valence-corrected chi connectivity index (χ1v) is 38.1. The molecule has 109 heavy (non-hydrogen) atoms. The number of aromatic nitrogens is 7. The normalized spacial score (nSPS) is 17.9. The zero-order valence-electron chi connectivity index (χ0n) is 63.7. The summed E-state index contributed by atoms with van der Waals surface area (Å²) in [5, 5.41) is 12.4. The van der Waals surface area contributed by atoms with Crippen LogP contribution < -0.4 is 21.3 Å². The van der Waals surface area contributed by atoms with E-state index in [1.807, 2.05) is 123 Å². The Hall–Kier alpha value is -10.7. The summed E-state index contributed by atoms with van der Waals surface area (Å²) in [5.74, 6) is -0.279. The lowest BCUT2D eigenvalue weighted by molar-refractivity contribution is -0.125. The molecule has 2 saturated carbocycles. The molecule has 4 N–H and O–H groups in total. The van der Waals surface area contributed by atoms with Gasteiger partial charge in [0.05, 0.1) is 93.5 Å². The fourth-order valence-electron chi connectivity index (χ4n) is 14.3. The first-order chi connectivity index (χ1) is 52.6. The van der Waals surface area contributed by atoms with Crippen molar-refractivity contribution in [2.75, 3.05) is 73.1 Å². The second-order valence-corrected chi connectivity index (χ2v) is 30.6. The van der Waals surface area contributed by atoms with Crippen molar-refractivity contribution < 1.29 is 42.9 Å². The van der Waals surface area contributed by atoms with E-state index < -0.39 is 23.8 Å². The van der Waals surface area contributed by atoms with Crippen LogP contribution in [-0.4, -0.2) is 174 Å². The van der Waals surface area contributed by atoms with Crippen molar-refractivity contribution in [2.45, 2.75) is 122 Å². The minimum Gasteiger partial charge on any atom is -0.447 e. The fourth-order valence-corrected chi connectivity index (χ4v) is 15.2. The van der Waals surface area contributed by atoms with E-state index in [-0.39, 0.29) is 54.4 Å². The van der Waals surface area contributed by atoms with Gasteiger partial charge in [-0.3, -0.25) is 34.3 Å². The van der Waals surface area contributed by atoms with Gasteiger partial charge in [-0.1, -0.05) is 96.1 Å². The third-order valence-corrected chi connectivity index (χ3v) is 21.8. The van der Waals surface area contributed by atoms with Gasteiger partial charge in [0.15, 0.2) is 0 Å². The highest BCUT2D eigenvalue weighted by Crippen LogP contribution is 2.47. The summed E-state index contributed by atoms with van der Waals surface area (Å²) in [7, 11) is 7.01. The zero-order chi connectivity index (χ0) is 76.5. The molecule has 568 valence electrons. The van der Waals surface area contributed by atoms with Gasteiger partial charge in [-0.05, 0) is 165 Å². The molecule has 2 saturated heterocycles. The lowest BCUT2D eigenvalue weighted by Gasteiger charge is -2.39. The average molecular weight is 1490 g/mol. The van der Waals surface area contributed by atoms with Gasteiger partial charge in [0.2, 0.25) is 5.91 Å². The number of amides is 5. The predicted molar refractivity (Wildman–Crippen MR) is 419 cm³/mol. The van der Waals surface area contributed by atoms with Crippen LogP contribution in [0.2, 0.25) is 0 Å². The molecule has 0 radical (unpaired) electrons. The topological polar surface area (TPSA) is 258 Å². The zero-order valence-corrected chi connectivity index (χ0v) is 64.5. The van der Waals surface area contributed by atoms with E-state index in [1.165, 1.54) is 24.0 Å². The molecule has 0 spiro atoms. The van der Waals surface area contributed by atoms with Crippen LogP contribution in [0.4, 0.5) is 14.4 Å². The number of carbonyl (C=O) groups is 5. The maximum atomic E-state index is 13.3. The number of nitrogens with zero attached hydrogens (tertiary/aromatic N) is 11. The number of carbonyl (C=O) groups excluding carboxylic acids is 5. The first-order valence-electron chi connectivity index (χ1n) is 37.3. The highest BCUT2D eigenvalue weighted by molar-refractivity contribution is 7.17. The monoisotopic (exact) mass is 1490 g/mol. The SMILES string of the molecule is CNC(=O)c1ccc(-c2ccc(CNCc3ccccc3)cn2)s1.COCC(=O)N[C@H](C1=Cc2cccnc2[C@@H](N2CCN(C(=O)OC(C)C)CC2)c2ccc(C)cc21)c1cncn1C.Cc1ccc2c(c1)C([C@@H](NC(=O)OC1(C)CC1)c1cncn1C)=Cc1cccnc1[C@H]2N1CCN(C(=O)OC2(C)CC2)CC1. The van der Waals surface area contributed by atoms with Crippen LogP contribution in [0.25, 0.3) is 33.9 Å². The van der Waals surface area contributed by atoms with E-state index in [1.54, 1.807) is 37.0 Å². The van der Waals surface area contributed by atoms with Gasteiger partial charge in [0.1, 0.15) is 17.8 Å². The molecular formula is C84H97N15O9S. The number of fused-ring (bicyclic) bond motifs is 4. The number of ether oxygens (including phenoxy) is 4. The molecule has 6 aromatic heterocycles. The minimum atomic E-state index is -0.514. The van der Waals surface area contributed by atoms with E-state index >= 15 is 0 Å². The van der Waals surface area contributed by atoms with Crippen LogP contribution >= 0.6 is 11.3 Å². The summed E-state index contributed by atoms with van der Waals surface area (Å²) < 4.78 is 26.0.